The third-order valence-corrected chi connectivity index (χ3v) is 8.14. The first-order chi connectivity index (χ1) is 15.0. The van der Waals surface area contributed by atoms with Gasteiger partial charge in [-0.2, -0.15) is 4.98 Å². The van der Waals surface area contributed by atoms with E-state index in [-0.39, 0.29) is 17.2 Å². The summed E-state index contributed by atoms with van der Waals surface area (Å²) in [6, 6.07) is 7.63. The average Bonchev–Trinajstić information content (AvgIpc) is 3.27. The highest BCUT2D eigenvalue weighted by Gasteiger charge is 2.54. The number of rotatable bonds is 4. The van der Waals surface area contributed by atoms with Gasteiger partial charge in [-0.05, 0) is 68.4 Å². The van der Waals surface area contributed by atoms with Crippen LogP contribution in [0, 0.1) is 23.2 Å². The first-order valence-corrected chi connectivity index (χ1v) is 11.9. The van der Waals surface area contributed by atoms with Crippen molar-refractivity contribution in [2.75, 3.05) is 10.6 Å². The molecule has 7 rings (SSSR count). The molecule has 7 nitrogen and oxygen atoms in total. The number of benzene rings is 1. The van der Waals surface area contributed by atoms with Gasteiger partial charge in [-0.15, -0.1) is 16.4 Å². The van der Waals surface area contributed by atoms with E-state index in [1.807, 2.05) is 29.6 Å². The predicted octanol–water partition coefficient (Wildman–Crippen LogP) is 4.57. The molecule has 2 aromatic heterocycles. The lowest BCUT2D eigenvalue weighted by Crippen LogP contribution is -2.51. The molecule has 0 radical (unpaired) electrons. The van der Waals surface area contributed by atoms with Gasteiger partial charge in [0.2, 0.25) is 22.7 Å². The van der Waals surface area contributed by atoms with Crippen molar-refractivity contribution in [2.45, 2.75) is 45.4 Å². The Bertz CT molecular complexity index is 1140. The van der Waals surface area contributed by atoms with E-state index in [9.17, 15) is 9.59 Å². The van der Waals surface area contributed by atoms with Gasteiger partial charge in [-0.3, -0.25) is 14.9 Å². The first-order valence-electron chi connectivity index (χ1n) is 11.0. The second-order valence-corrected chi connectivity index (χ2v) is 10.5. The SMILES string of the molecule is CC(=O)Nc1ccc(-c2csc3nc(NC(=O)C45CC6CC(CC(C6)C4)C5)nn23)cc1. The predicted molar refractivity (Wildman–Crippen MR) is 120 cm³/mol. The van der Waals surface area contributed by atoms with Crippen molar-refractivity contribution in [1.29, 1.82) is 0 Å². The lowest BCUT2D eigenvalue weighted by atomic mass is 9.49. The van der Waals surface area contributed by atoms with Crippen LogP contribution in [0.1, 0.15) is 45.4 Å². The van der Waals surface area contributed by atoms with E-state index in [0.29, 0.717) is 5.95 Å². The molecule has 0 unspecified atom stereocenters. The van der Waals surface area contributed by atoms with Gasteiger partial charge in [0.1, 0.15) is 0 Å². The minimum absolute atomic E-state index is 0.0960. The van der Waals surface area contributed by atoms with Gasteiger partial charge in [-0.25, -0.2) is 4.52 Å². The van der Waals surface area contributed by atoms with E-state index < -0.39 is 0 Å². The Labute approximate surface area is 184 Å². The highest BCUT2D eigenvalue weighted by atomic mass is 32.1. The van der Waals surface area contributed by atoms with Crippen molar-refractivity contribution in [1.82, 2.24) is 14.6 Å². The van der Waals surface area contributed by atoms with Gasteiger partial charge >= 0.3 is 0 Å². The van der Waals surface area contributed by atoms with E-state index in [1.165, 1.54) is 37.5 Å². The highest BCUT2D eigenvalue weighted by Crippen LogP contribution is 2.60. The van der Waals surface area contributed by atoms with Crippen LogP contribution < -0.4 is 10.6 Å². The Morgan fingerprint density at radius 3 is 2.29 bits per heavy atom. The maximum absolute atomic E-state index is 13.3. The molecule has 4 bridgehead atoms. The van der Waals surface area contributed by atoms with Crippen LogP contribution in [0.15, 0.2) is 29.6 Å². The molecule has 160 valence electrons. The molecule has 0 atom stereocenters. The lowest BCUT2D eigenvalue weighted by Gasteiger charge is -2.55. The van der Waals surface area contributed by atoms with Crippen LogP contribution in [0.5, 0.6) is 0 Å². The normalized spacial score (nSPS) is 28.7. The van der Waals surface area contributed by atoms with E-state index in [4.69, 9.17) is 0 Å². The Balaban J connectivity index is 1.24. The molecular formula is C23H25N5O2S. The largest absolute Gasteiger partial charge is 0.326 e. The third-order valence-electron chi connectivity index (χ3n) is 7.33. The number of nitrogens with zero attached hydrogens (tertiary/aromatic N) is 3. The van der Waals surface area contributed by atoms with Gasteiger partial charge < -0.3 is 5.32 Å². The molecule has 2 amide bonds. The second-order valence-electron chi connectivity index (χ2n) is 9.66. The van der Waals surface area contributed by atoms with Crippen molar-refractivity contribution >= 4 is 39.7 Å². The fourth-order valence-electron chi connectivity index (χ4n) is 6.48. The third kappa shape index (κ3) is 3.24. The smallest absolute Gasteiger partial charge is 0.250 e. The van der Waals surface area contributed by atoms with Gasteiger partial charge in [0.05, 0.1) is 11.1 Å². The number of nitrogens with one attached hydrogen (secondary N) is 2. The monoisotopic (exact) mass is 435 g/mol. The van der Waals surface area contributed by atoms with Crippen LogP contribution in [0.3, 0.4) is 0 Å². The molecule has 31 heavy (non-hydrogen) atoms. The van der Waals surface area contributed by atoms with E-state index in [1.54, 1.807) is 4.52 Å². The standard InChI is InChI=1S/C23H25N5O2S/c1-13(29)24-18-4-2-17(3-5-18)19-12-31-22-26-21(27-28(19)22)25-20(30)23-9-14-6-15(10-23)8-16(7-14)11-23/h2-5,12,14-16H,6-11H2,1H3,(H,24,29)(H,25,27,30). The van der Waals surface area contributed by atoms with E-state index >= 15 is 0 Å². The van der Waals surface area contributed by atoms with Crippen molar-refractivity contribution in [3.63, 3.8) is 0 Å². The van der Waals surface area contributed by atoms with Crippen molar-refractivity contribution in [2.24, 2.45) is 23.2 Å². The number of hydrogen-bond acceptors (Lipinski definition) is 5. The number of amides is 2. The van der Waals surface area contributed by atoms with Gasteiger partial charge in [0.15, 0.2) is 0 Å². The Morgan fingerprint density at radius 1 is 1.03 bits per heavy atom. The molecule has 2 N–H and O–H groups in total. The van der Waals surface area contributed by atoms with Crippen LogP contribution in [0.4, 0.5) is 11.6 Å². The molecule has 3 aromatic rings. The fraction of sp³-hybridized carbons (Fsp3) is 0.478. The molecule has 4 aliphatic carbocycles. The molecule has 2 heterocycles. The highest BCUT2D eigenvalue weighted by molar-refractivity contribution is 7.15. The molecule has 0 saturated heterocycles. The second kappa shape index (κ2) is 6.88. The van der Waals surface area contributed by atoms with Crippen LogP contribution in [-0.2, 0) is 9.59 Å². The number of carbonyl (C=O) groups is 2. The zero-order valence-electron chi connectivity index (χ0n) is 17.4. The summed E-state index contributed by atoms with van der Waals surface area (Å²) in [7, 11) is 0. The van der Waals surface area contributed by atoms with E-state index in [2.05, 4.69) is 20.7 Å². The number of fused-ring (bicyclic) bond motifs is 1. The Morgan fingerprint density at radius 2 is 1.68 bits per heavy atom. The average molecular weight is 436 g/mol. The van der Waals surface area contributed by atoms with Crippen molar-refractivity contribution < 1.29 is 9.59 Å². The Hall–Kier alpha value is -2.74. The van der Waals surface area contributed by atoms with Gasteiger partial charge in [-0.1, -0.05) is 12.1 Å². The van der Waals surface area contributed by atoms with Gasteiger partial charge in [0.25, 0.3) is 0 Å². The summed E-state index contributed by atoms with van der Waals surface area (Å²) in [6.45, 7) is 1.49. The summed E-state index contributed by atoms with van der Waals surface area (Å²) in [6.07, 6.45) is 7.02. The lowest BCUT2D eigenvalue weighted by molar-refractivity contribution is -0.140. The number of aromatic nitrogens is 3. The summed E-state index contributed by atoms with van der Waals surface area (Å²) in [4.78, 5) is 29.9. The maximum atomic E-state index is 13.3. The van der Waals surface area contributed by atoms with Crippen LogP contribution in [-0.4, -0.2) is 26.4 Å². The first kappa shape index (κ1) is 19.0. The molecular weight excluding hydrogens is 410 g/mol. The van der Waals surface area contributed by atoms with Crippen molar-refractivity contribution in [3.8, 4) is 11.3 Å². The number of carbonyl (C=O) groups excluding carboxylic acids is 2. The van der Waals surface area contributed by atoms with Crippen LogP contribution in [0.25, 0.3) is 16.2 Å². The summed E-state index contributed by atoms with van der Waals surface area (Å²) in [5, 5.41) is 12.4. The fourth-order valence-corrected chi connectivity index (χ4v) is 7.31. The molecule has 0 spiro atoms. The molecule has 4 aliphatic rings. The number of thiazole rings is 1. The topological polar surface area (TPSA) is 88.4 Å². The molecule has 1 aromatic carbocycles. The molecule has 4 saturated carbocycles. The van der Waals surface area contributed by atoms with Crippen molar-refractivity contribution in [3.05, 3.63) is 29.6 Å². The molecule has 4 fully saturated rings. The maximum Gasteiger partial charge on any atom is 0.250 e. The zero-order chi connectivity index (χ0) is 21.2. The summed E-state index contributed by atoms with van der Waals surface area (Å²) in [5.41, 5.74) is 2.43. The molecule has 8 heteroatoms. The molecule has 0 aliphatic heterocycles. The zero-order valence-corrected chi connectivity index (χ0v) is 18.2. The number of hydrogen-bond donors (Lipinski definition) is 2. The number of anilines is 2. The minimum atomic E-state index is -0.212. The minimum Gasteiger partial charge on any atom is -0.326 e. The van der Waals surface area contributed by atoms with Gasteiger partial charge in [0, 0.05) is 23.6 Å². The summed E-state index contributed by atoms with van der Waals surface area (Å²) in [5.74, 6) is 2.59. The van der Waals surface area contributed by atoms with E-state index in [0.717, 1.165) is 58.9 Å². The summed E-state index contributed by atoms with van der Waals surface area (Å²) >= 11 is 1.50. The van der Waals surface area contributed by atoms with Crippen LogP contribution >= 0.6 is 11.3 Å². The Kier molecular flexibility index (Phi) is 4.21. The summed E-state index contributed by atoms with van der Waals surface area (Å²) < 4.78 is 1.79. The van der Waals surface area contributed by atoms with Crippen LogP contribution in [0.2, 0.25) is 0 Å². The quantitative estimate of drug-likeness (QED) is 0.628.